The van der Waals surface area contributed by atoms with Crippen LogP contribution in [0.5, 0.6) is 5.88 Å². The highest BCUT2D eigenvalue weighted by atomic mass is 32.2. The lowest BCUT2D eigenvalue weighted by atomic mass is 10.2. The lowest BCUT2D eigenvalue weighted by Crippen LogP contribution is -2.06. The summed E-state index contributed by atoms with van der Waals surface area (Å²) < 4.78 is 16.0. The van der Waals surface area contributed by atoms with Crippen molar-refractivity contribution in [3.05, 3.63) is 36.1 Å². The molecule has 0 saturated carbocycles. The summed E-state index contributed by atoms with van der Waals surface area (Å²) in [5.74, 6) is 0.932. The molecule has 184 valence electrons. The van der Waals surface area contributed by atoms with Crippen LogP contribution in [-0.2, 0) is 19.1 Å². The summed E-state index contributed by atoms with van der Waals surface area (Å²) in [6.07, 6.45) is 9.54. The fourth-order valence-electron chi connectivity index (χ4n) is 2.65. The van der Waals surface area contributed by atoms with E-state index in [0.717, 1.165) is 67.8 Å². The van der Waals surface area contributed by atoms with Gasteiger partial charge in [-0.05, 0) is 59.3 Å². The monoisotopic (exact) mass is 478 g/mol. The number of esters is 2. The Hall–Kier alpha value is -2.35. The van der Waals surface area contributed by atoms with Crippen LogP contribution in [0.3, 0.4) is 0 Å². The van der Waals surface area contributed by atoms with Gasteiger partial charge in [-0.2, -0.15) is 4.98 Å². The number of aryl methyl sites for hydroxylation is 1. The van der Waals surface area contributed by atoms with Gasteiger partial charge in [0.2, 0.25) is 5.88 Å². The minimum atomic E-state index is -0.326. The minimum Gasteiger partial charge on any atom is -0.477 e. The average Bonchev–Trinajstić information content (AvgIpc) is 2.78. The van der Waals surface area contributed by atoms with Gasteiger partial charge in [-0.3, -0.25) is 0 Å². The molecule has 1 aromatic heterocycles. The molecule has 0 aromatic carbocycles. The normalized spacial score (nSPS) is 10.5. The summed E-state index contributed by atoms with van der Waals surface area (Å²) in [4.78, 5) is 31.5. The maximum Gasteiger partial charge on any atom is 0.333 e. The second-order valence-electron chi connectivity index (χ2n) is 8.00. The Labute approximate surface area is 202 Å². The molecule has 0 aliphatic rings. The molecule has 7 nitrogen and oxygen atoms in total. The zero-order valence-corrected chi connectivity index (χ0v) is 21.1. The number of nitrogens with zero attached hydrogens (tertiary/aromatic N) is 2. The van der Waals surface area contributed by atoms with E-state index in [0.29, 0.717) is 36.8 Å². The van der Waals surface area contributed by atoms with Crippen molar-refractivity contribution in [2.75, 3.05) is 25.6 Å². The van der Waals surface area contributed by atoms with Gasteiger partial charge in [0.05, 0.1) is 19.8 Å². The van der Waals surface area contributed by atoms with E-state index in [-0.39, 0.29) is 11.9 Å². The molecule has 1 aromatic rings. The molecule has 8 heteroatoms. The molecule has 0 atom stereocenters. The predicted octanol–water partition coefficient (Wildman–Crippen LogP) is 5.62. The van der Waals surface area contributed by atoms with Crippen molar-refractivity contribution in [1.29, 1.82) is 0 Å². The van der Waals surface area contributed by atoms with Crippen LogP contribution in [0.4, 0.5) is 0 Å². The SMILES string of the molecule is C=C(C)C(=O)OCCCCCCOc1nc(SCCCCCCOC(=O)C(=C)C)ncc1C. The molecule has 1 heterocycles. The van der Waals surface area contributed by atoms with Gasteiger partial charge in [-0.1, -0.05) is 37.8 Å². The summed E-state index contributed by atoms with van der Waals surface area (Å²) in [5.41, 5.74) is 1.79. The van der Waals surface area contributed by atoms with Crippen LogP contribution in [0.15, 0.2) is 35.7 Å². The Morgan fingerprint density at radius 3 is 1.91 bits per heavy atom. The molecular weight excluding hydrogens is 440 g/mol. The van der Waals surface area contributed by atoms with E-state index in [2.05, 4.69) is 23.1 Å². The van der Waals surface area contributed by atoms with Crippen molar-refractivity contribution in [3.8, 4) is 5.88 Å². The van der Waals surface area contributed by atoms with E-state index in [9.17, 15) is 9.59 Å². The van der Waals surface area contributed by atoms with E-state index in [4.69, 9.17) is 14.2 Å². The number of unbranched alkanes of at least 4 members (excludes halogenated alkanes) is 6. The zero-order valence-electron chi connectivity index (χ0n) is 20.3. The standard InChI is InChI=1S/C25H38N2O5S/c1-19(2)23(28)31-15-11-7-6-10-14-30-22-21(5)18-26-25(27-22)33-17-13-9-8-12-16-32-24(29)20(3)4/h18H,1,3,6-17H2,2,4-5H3. The topological polar surface area (TPSA) is 87.6 Å². The second-order valence-corrected chi connectivity index (χ2v) is 9.06. The lowest BCUT2D eigenvalue weighted by Gasteiger charge is -2.09. The lowest BCUT2D eigenvalue weighted by molar-refractivity contribution is -0.139. The zero-order chi connectivity index (χ0) is 24.5. The number of carbonyl (C=O) groups is 2. The Morgan fingerprint density at radius 2 is 1.36 bits per heavy atom. The van der Waals surface area contributed by atoms with Crippen LogP contribution in [-0.4, -0.2) is 47.5 Å². The van der Waals surface area contributed by atoms with Crippen molar-refractivity contribution in [2.45, 2.75) is 77.3 Å². The van der Waals surface area contributed by atoms with Crippen LogP contribution >= 0.6 is 11.8 Å². The predicted molar refractivity (Wildman–Crippen MR) is 131 cm³/mol. The molecule has 0 aliphatic carbocycles. The summed E-state index contributed by atoms with van der Waals surface area (Å²) in [6, 6.07) is 0. The number of hydrogen-bond acceptors (Lipinski definition) is 8. The Bertz CT molecular complexity index is 782. The molecule has 1 rings (SSSR count). The molecule has 0 unspecified atom stereocenters. The van der Waals surface area contributed by atoms with Crippen molar-refractivity contribution in [3.63, 3.8) is 0 Å². The molecule has 33 heavy (non-hydrogen) atoms. The van der Waals surface area contributed by atoms with Gasteiger partial charge in [-0.15, -0.1) is 0 Å². The molecule has 0 saturated heterocycles. The molecule has 0 N–H and O–H groups in total. The third-order valence-corrected chi connectivity index (χ3v) is 5.56. The van der Waals surface area contributed by atoms with Crippen molar-refractivity contribution < 1.29 is 23.8 Å². The fourth-order valence-corrected chi connectivity index (χ4v) is 3.46. The first kappa shape index (κ1) is 28.7. The average molecular weight is 479 g/mol. The molecule has 0 amide bonds. The van der Waals surface area contributed by atoms with Gasteiger partial charge in [0.25, 0.3) is 0 Å². The van der Waals surface area contributed by atoms with E-state index in [1.54, 1.807) is 31.8 Å². The highest BCUT2D eigenvalue weighted by Crippen LogP contribution is 2.21. The first-order valence-corrected chi connectivity index (χ1v) is 12.5. The summed E-state index contributed by atoms with van der Waals surface area (Å²) in [5, 5.41) is 0.727. The van der Waals surface area contributed by atoms with Gasteiger partial charge < -0.3 is 14.2 Å². The van der Waals surface area contributed by atoms with Crippen LogP contribution in [0.25, 0.3) is 0 Å². The Balaban J connectivity index is 2.13. The van der Waals surface area contributed by atoms with Gasteiger partial charge in [-0.25, -0.2) is 14.6 Å². The van der Waals surface area contributed by atoms with Crippen molar-refractivity contribution >= 4 is 23.7 Å². The van der Waals surface area contributed by atoms with Crippen LogP contribution in [0.1, 0.15) is 70.8 Å². The van der Waals surface area contributed by atoms with E-state index < -0.39 is 0 Å². The smallest absolute Gasteiger partial charge is 0.333 e. The van der Waals surface area contributed by atoms with E-state index in [1.807, 2.05) is 6.92 Å². The van der Waals surface area contributed by atoms with E-state index in [1.165, 1.54) is 0 Å². The van der Waals surface area contributed by atoms with Crippen molar-refractivity contribution in [1.82, 2.24) is 9.97 Å². The third kappa shape index (κ3) is 13.7. The number of rotatable bonds is 18. The Morgan fingerprint density at radius 1 is 0.848 bits per heavy atom. The molecule has 0 radical (unpaired) electrons. The van der Waals surface area contributed by atoms with Gasteiger partial charge >= 0.3 is 11.9 Å². The summed E-state index contributed by atoms with van der Waals surface area (Å²) in [6.45, 7) is 13.8. The number of thioether (sulfide) groups is 1. The number of ether oxygens (including phenoxy) is 3. The number of hydrogen-bond donors (Lipinski definition) is 0. The quantitative estimate of drug-likeness (QED) is 0.0884. The Kier molecular flexibility index (Phi) is 14.9. The molecule has 0 aliphatic heterocycles. The highest BCUT2D eigenvalue weighted by molar-refractivity contribution is 7.99. The van der Waals surface area contributed by atoms with Crippen LogP contribution < -0.4 is 4.74 Å². The second kappa shape index (κ2) is 17.2. The van der Waals surface area contributed by atoms with E-state index >= 15 is 0 Å². The highest BCUT2D eigenvalue weighted by Gasteiger charge is 2.07. The third-order valence-electron chi connectivity index (χ3n) is 4.61. The largest absolute Gasteiger partial charge is 0.477 e. The molecule has 0 bridgehead atoms. The maximum atomic E-state index is 11.3. The van der Waals surface area contributed by atoms with Crippen LogP contribution in [0.2, 0.25) is 0 Å². The fraction of sp³-hybridized carbons (Fsp3) is 0.600. The van der Waals surface area contributed by atoms with Crippen molar-refractivity contribution in [2.24, 2.45) is 0 Å². The number of carbonyl (C=O) groups excluding carboxylic acids is 2. The van der Waals surface area contributed by atoms with Gasteiger partial charge in [0, 0.05) is 28.7 Å². The first-order valence-electron chi connectivity index (χ1n) is 11.6. The first-order chi connectivity index (χ1) is 15.8. The van der Waals surface area contributed by atoms with Crippen LogP contribution in [0, 0.1) is 6.92 Å². The minimum absolute atomic E-state index is 0.318. The number of aromatic nitrogens is 2. The van der Waals surface area contributed by atoms with Gasteiger partial charge in [0.1, 0.15) is 0 Å². The summed E-state index contributed by atoms with van der Waals surface area (Å²) in [7, 11) is 0. The maximum absolute atomic E-state index is 11.3. The summed E-state index contributed by atoms with van der Waals surface area (Å²) >= 11 is 1.63. The molecule has 0 spiro atoms. The van der Waals surface area contributed by atoms with Gasteiger partial charge in [0.15, 0.2) is 5.16 Å². The molecular formula is C25H38N2O5S. The molecule has 0 fully saturated rings.